The quantitative estimate of drug-likeness (QED) is 0.876. The van der Waals surface area contributed by atoms with E-state index < -0.39 is 10.0 Å². The van der Waals surface area contributed by atoms with E-state index in [1.807, 2.05) is 19.9 Å². The number of sulfonamides is 1. The highest BCUT2D eigenvalue weighted by Gasteiger charge is 2.12. The lowest BCUT2D eigenvalue weighted by Gasteiger charge is -2.17. The Labute approximate surface area is 118 Å². The summed E-state index contributed by atoms with van der Waals surface area (Å²) in [7, 11) is -1.59. The van der Waals surface area contributed by atoms with Gasteiger partial charge in [0.2, 0.25) is 10.0 Å². The zero-order chi connectivity index (χ0) is 14.9. The molecule has 2 rings (SSSR count). The van der Waals surface area contributed by atoms with Crippen molar-refractivity contribution in [3.8, 4) is 0 Å². The first-order valence-corrected chi connectivity index (χ1v) is 8.11. The van der Waals surface area contributed by atoms with E-state index in [4.69, 9.17) is 0 Å². The molecule has 8 heteroatoms. The molecule has 0 radical (unpaired) electrons. The van der Waals surface area contributed by atoms with Crippen molar-refractivity contribution < 1.29 is 8.42 Å². The highest BCUT2D eigenvalue weighted by molar-refractivity contribution is 7.88. The number of nitrogens with one attached hydrogen (secondary N) is 1. The molecule has 0 bridgehead atoms. The Balaban J connectivity index is 2.18. The van der Waals surface area contributed by atoms with Crippen LogP contribution in [0.2, 0.25) is 0 Å². The fourth-order valence-corrected chi connectivity index (χ4v) is 2.27. The number of nitrogens with zero attached hydrogens (tertiary/aromatic N) is 4. The van der Waals surface area contributed by atoms with E-state index in [1.54, 1.807) is 17.8 Å². The van der Waals surface area contributed by atoms with Crippen LogP contribution in [0.25, 0.3) is 5.65 Å². The third-order valence-electron chi connectivity index (χ3n) is 3.30. The maximum atomic E-state index is 11.3. The number of hydrogen-bond acceptors (Lipinski definition) is 5. The molecule has 0 saturated heterocycles. The molecule has 0 aliphatic carbocycles. The van der Waals surface area contributed by atoms with Gasteiger partial charge in [0.05, 0.1) is 12.5 Å². The fourth-order valence-electron chi connectivity index (χ4n) is 1.84. The summed E-state index contributed by atoms with van der Waals surface area (Å²) in [4.78, 5) is 4.43. The molecule has 2 heterocycles. The van der Waals surface area contributed by atoms with Gasteiger partial charge in [-0.05, 0) is 13.8 Å². The second-order valence-corrected chi connectivity index (χ2v) is 6.87. The van der Waals surface area contributed by atoms with E-state index in [1.165, 1.54) is 10.6 Å². The monoisotopic (exact) mass is 297 g/mol. The normalized spacial score (nSPS) is 12.2. The van der Waals surface area contributed by atoms with Crippen LogP contribution in [0.5, 0.6) is 0 Å². The maximum absolute atomic E-state index is 11.3. The summed E-state index contributed by atoms with van der Waals surface area (Å²) >= 11 is 0. The molecule has 20 heavy (non-hydrogen) atoms. The number of likely N-dealkylation sites (N-methyl/N-ethyl adjacent to an activating group) is 1. The van der Waals surface area contributed by atoms with Crippen LogP contribution < -0.4 is 5.32 Å². The third kappa shape index (κ3) is 2.91. The molecule has 0 aromatic carbocycles. The Hall–Kier alpha value is -1.67. The summed E-state index contributed by atoms with van der Waals surface area (Å²) < 4.78 is 25.7. The van der Waals surface area contributed by atoms with Crippen LogP contribution in [0, 0.1) is 13.8 Å². The zero-order valence-electron chi connectivity index (χ0n) is 12.1. The SMILES string of the molecule is Cc1nc2ccnn2c(NCCN(C)S(C)(=O)=O)c1C. The molecular formula is C12H19N5O2S. The van der Waals surface area contributed by atoms with Gasteiger partial charge in [-0.1, -0.05) is 0 Å². The van der Waals surface area contributed by atoms with Gasteiger partial charge in [0.25, 0.3) is 0 Å². The molecule has 0 spiro atoms. The molecule has 0 saturated carbocycles. The van der Waals surface area contributed by atoms with Gasteiger partial charge in [-0.3, -0.25) is 0 Å². The molecular weight excluding hydrogens is 278 g/mol. The molecule has 0 fully saturated rings. The standard InChI is InChI=1S/C12H19N5O2S/c1-9-10(2)15-11-5-6-14-17(11)12(9)13-7-8-16(3)20(4,18)19/h5-6,13H,7-8H2,1-4H3. The third-order valence-corrected chi connectivity index (χ3v) is 4.61. The van der Waals surface area contributed by atoms with Crippen molar-refractivity contribution in [3.05, 3.63) is 23.5 Å². The number of aromatic nitrogens is 3. The van der Waals surface area contributed by atoms with Gasteiger partial charge < -0.3 is 5.32 Å². The summed E-state index contributed by atoms with van der Waals surface area (Å²) in [6.07, 6.45) is 2.88. The average molecular weight is 297 g/mol. The lowest BCUT2D eigenvalue weighted by atomic mass is 10.2. The van der Waals surface area contributed by atoms with Crippen molar-refractivity contribution in [1.82, 2.24) is 18.9 Å². The first kappa shape index (κ1) is 14.7. The molecule has 2 aromatic rings. The van der Waals surface area contributed by atoms with Crippen molar-refractivity contribution in [3.63, 3.8) is 0 Å². The number of rotatable bonds is 5. The highest BCUT2D eigenvalue weighted by Crippen LogP contribution is 2.18. The van der Waals surface area contributed by atoms with Gasteiger partial charge in [0.15, 0.2) is 5.65 Å². The van der Waals surface area contributed by atoms with Crippen molar-refractivity contribution in [2.24, 2.45) is 0 Å². The molecule has 7 nitrogen and oxygen atoms in total. The van der Waals surface area contributed by atoms with Gasteiger partial charge in [-0.2, -0.15) is 9.61 Å². The van der Waals surface area contributed by atoms with Gasteiger partial charge in [-0.15, -0.1) is 0 Å². The predicted octanol–water partition coefficient (Wildman–Crippen LogP) is 0.649. The van der Waals surface area contributed by atoms with Crippen LogP contribution in [0.1, 0.15) is 11.3 Å². The lowest BCUT2D eigenvalue weighted by Crippen LogP contribution is -2.30. The molecule has 0 aliphatic rings. The van der Waals surface area contributed by atoms with E-state index in [0.717, 1.165) is 22.7 Å². The average Bonchev–Trinajstić information content (AvgIpc) is 2.80. The van der Waals surface area contributed by atoms with Gasteiger partial charge >= 0.3 is 0 Å². The maximum Gasteiger partial charge on any atom is 0.211 e. The van der Waals surface area contributed by atoms with Crippen molar-refractivity contribution in [2.75, 3.05) is 31.7 Å². The Morgan fingerprint density at radius 2 is 2.10 bits per heavy atom. The zero-order valence-corrected chi connectivity index (χ0v) is 12.9. The predicted molar refractivity (Wildman–Crippen MR) is 78.4 cm³/mol. The fraction of sp³-hybridized carbons (Fsp3) is 0.500. The van der Waals surface area contributed by atoms with Crippen molar-refractivity contribution >= 4 is 21.5 Å². The van der Waals surface area contributed by atoms with Crippen molar-refractivity contribution in [2.45, 2.75) is 13.8 Å². The number of hydrogen-bond donors (Lipinski definition) is 1. The van der Waals surface area contributed by atoms with E-state index in [9.17, 15) is 8.42 Å². The lowest BCUT2D eigenvalue weighted by molar-refractivity contribution is 0.486. The smallest absolute Gasteiger partial charge is 0.211 e. The molecule has 0 aliphatic heterocycles. The van der Waals surface area contributed by atoms with E-state index in [0.29, 0.717) is 13.1 Å². The van der Waals surface area contributed by atoms with Crippen LogP contribution in [0.15, 0.2) is 12.3 Å². The summed E-state index contributed by atoms with van der Waals surface area (Å²) in [5.74, 6) is 0.847. The van der Waals surface area contributed by atoms with E-state index in [-0.39, 0.29) is 0 Å². The molecule has 2 aromatic heterocycles. The van der Waals surface area contributed by atoms with Crippen LogP contribution in [-0.4, -0.2) is 53.7 Å². The second kappa shape index (κ2) is 5.37. The van der Waals surface area contributed by atoms with Gasteiger partial charge in [0.1, 0.15) is 5.82 Å². The summed E-state index contributed by atoms with van der Waals surface area (Å²) in [5.41, 5.74) is 2.70. The minimum atomic E-state index is -3.15. The Kier molecular flexibility index (Phi) is 3.96. The van der Waals surface area contributed by atoms with Crippen LogP contribution >= 0.6 is 0 Å². The number of anilines is 1. The molecule has 0 unspecified atom stereocenters. The van der Waals surface area contributed by atoms with Crippen LogP contribution in [-0.2, 0) is 10.0 Å². The highest BCUT2D eigenvalue weighted by atomic mass is 32.2. The second-order valence-electron chi connectivity index (χ2n) is 4.78. The van der Waals surface area contributed by atoms with Gasteiger partial charge in [-0.25, -0.2) is 17.7 Å². The van der Waals surface area contributed by atoms with Crippen molar-refractivity contribution in [1.29, 1.82) is 0 Å². The minimum Gasteiger partial charge on any atom is -0.368 e. The molecule has 1 N–H and O–H groups in total. The van der Waals surface area contributed by atoms with E-state index >= 15 is 0 Å². The first-order chi connectivity index (χ1) is 9.30. The summed E-state index contributed by atoms with van der Waals surface area (Å²) in [6.45, 7) is 4.80. The topological polar surface area (TPSA) is 79.6 Å². The van der Waals surface area contributed by atoms with E-state index in [2.05, 4.69) is 15.4 Å². The minimum absolute atomic E-state index is 0.391. The molecule has 0 atom stereocenters. The number of fused-ring (bicyclic) bond motifs is 1. The largest absolute Gasteiger partial charge is 0.368 e. The molecule has 0 amide bonds. The van der Waals surface area contributed by atoms with Crippen LogP contribution in [0.4, 0.5) is 5.82 Å². The first-order valence-electron chi connectivity index (χ1n) is 6.27. The number of aryl methyl sites for hydroxylation is 1. The Morgan fingerprint density at radius 1 is 1.40 bits per heavy atom. The van der Waals surface area contributed by atoms with Crippen LogP contribution in [0.3, 0.4) is 0 Å². The van der Waals surface area contributed by atoms with Gasteiger partial charge in [0, 0.05) is 37.5 Å². The molecule has 110 valence electrons. The Morgan fingerprint density at radius 3 is 2.75 bits per heavy atom. The summed E-state index contributed by atoms with van der Waals surface area (Å²) in [5, 5.41) is 7.47. The summed E-state index contributed by atoms with van der Waals surface area (Å²) in [6, 6.07) is 1.83. The Bertz CT molecular complexity index is 723.